The Bertz CT molecular complexity index is 68.0. The first-order valence-corrected chi connectivity index (χ1v) is 6.39. The topological polar surface area (TPSA) is 0 Å². The molecule has 0 saturated carbocycles. The van der Waals surface area contributed by atoms with Crippen LogP contribution in [0.15, 0.2) is 0 Å². The summed E-state index contributed by atoms with van der Waals surface area (Å²) in [6, 6.07) is 0. The molecule has 0 nitrogen and oxygen atoms in total. The standard InChI is InChI=1S/C9H21S.HI/c1-5-7-9(8-6-2)10(3)4;/h9H,5-8H2,1-4H3;1H/q+1;/p-1. The van der Waals surface area contributed by atoms with Crippen molar-refractivity contribution in [1.82, 2.24) is 0 Å². The van der Waals surface area contributed by atoms with Gasteiger partial charge in [0.15, 0.2) is 0 Å². The fourth-order valence-electron chi connectivity index (χ4n) is 1.26. The zero-order valence-electron chi connectivity index (χ0n) is 8.19. The van der Waals surface area contributed by atoms with Crippen molar-refractivity contribution in [3.8, 4) is 0 Å². The van der Waals surface area contributed by atoms with Gasteiger partial charge in [-0.2, -0.15) is 0 Å². The maximum absolute atomic E-state index is 2.37. The molecule has 0 bridgehead atoms. The lowest BCUT2D eigenvalue weighted by Crippen LogP contribution is -3.00. The SMILES string of the molecule is CCCC(CCC)[S+](C)C.[I-]. The van der Waals surface area contributed by atoms with Crippen molar-refractivity contribution in [1.29, 1.82) is 0 Å². The Kier molecular flexibility index (Phi) is 12.2. The third-order valence-electron chi connectivity index (χ3n) is 1.89. The van der Waals surface area contributed by atoms with Crippen LogP contribution in [-0.2, 0) is 10.9 Å². The summed E-state index contributed by atoms with van der Waals surface area (Å²) in [5.41, 5.74) is 0. The molecule has 0 aromatic rings. The Labute approximate surface area is 91.9 Å². The summed E-state index contributed by atoms with van der Waals surface area (Å²) in [5, 5.41) is 1.01. The highest BCUT2D eigenvalue weighted by Gasteiger charge is 2.18. The molecule has 70 valence electrons. The molecule has 0 unspecified atom stereocenters. The first-order chi connectivity index (χ1) is 4.72. The van der Waals surface area contributed by atoms with E-state index in [2.05, 4.69) is 26.4 Å². The van der Waals surface area contributed by atoms with Crippen molar-refractivity contribution in [3.05, 3.63) is 0 Å². The van der Waals surface area contributed by atoms with Crippen molar-refractivity contribution in [2.75, 3.05) is 12.5 Å². The van der Waals surface area contributed by atoms with Crippen LogP contribution in [0.3, 0.4) is 0 Å². The minimum absolute atomic E-state index is 0. The lowest BCUT2D eigenvalue weighted by molar-refractivity contribution is -0.00000242. The third kappa shape index (κ3) is 7.44. The van der Waals surface area contributed by atoms with E-state index in [4.69, 9.17) is 0 Å². The van der Waals surface area contributed by atoms with E-state index in [0.29, 0.717) is 10.9 Å². The molecule has 0 saturated heterocycles. The van der Waals surface area contributed by atoms with Crippen LogP contribution in [0.4, 0.5) is 0 Å². The van der Waals surface area contributed by atoms with E-state index in [9.17, 15) is 0 Å². The molecular formula is C9H21IS. The zero-order valence-corrected chi connectivity index (χ0v) is 11.2. The molecule has 0 N–H and O–H groups in total. The van der Waals surface area contributed by atoms with Gasteiger partial charge < -0.3 is 24.0 Å². The molecule has 0 aromatic carbocycles. The van der Waals surface area contributed by atoms with Crippen molar-refractivity contribution >= 4 is 10.9 Å². The summed E-state index contributed by atoms with van der Waals surface area (Å²) >= 11 is 0. The molecular weight excluding hydrogens is 267 g/mol. The van der Waals surface area contributed by atoms with E-state index >= 15 is 0 Å². The largest absolute Gasteiger partial charge is 1.00 e. The molecule has 0 spiro atoms. The maximum atomic E-state index is 2.37. The average Bonchev–Trinajstić information content (AvgIpc) is 1.87. The summed E-state index contributed by atoms with van der Waals surface area (Å²) in [6.07, 6.45) is 10.3. The van der Waals surface area contributed by atoms with Crippen LogP contribution in [0.5, 0.6) is 0 Å². The molecule has 0 amide bonds. The van der Waals surface area contributed by atoms with Crippen LogP contribution in [0.1, 0.15) is 39.5 Å². The van der Waals surface area contributed by atoms with Crippen molar-refractivity contribution in [2.24, 2.45) is 0 Å². The molecule has 0 atom stereocenters. The van der Waals surface area contributed by atoms with Gasteiger partial charge in [0.1, 0.15) is 5.25 Å². The summed E-state index contributed by atoms with van der Waals surface area (Å²) in [5.74, 6) is 0. The maximum Gasteiger partial charge on any atom is 0.117 e. The number of hydrogen-bond acceptors (Lipinski definition) is 0. The van der Waals surface area contributed by atoms with Crippen LogP contribution in [0.25, 0.3) is 0 Å². The molecule has 0 fully saturated rings. The van der Waals surface area contributed by atoms with Crippen LogP contribution in [-0.4, -0.2) is 17.8 Å². The van der Waals surface area contributed by atoms with Gasteiger partial charge in [-0.3, -0.25) is 0 Å². The smallest absolute Gasteiger partial charge is 0.117 e. The molecule has 0 aliphatic heterocycles. The van der Waals surface area contributed by atoms with Gasteiger partial charge in [-0.15, -0.1) is 0 Å². The third-order valence-corrected chi connectivity index (χ3v) is 3.69. The minimum atomic E-state index is 0. The fourth-order valence-corrected chi connectivity index (χ4v) is 2.67. The summed E-state index contributed by atoms with van der Waals surface area (Å²) < 4.78 is 0. The van der Waals surface area contributed by atoms with E-state index in [1.807, 2.05) is 0 Å². The van der Waals surface area contributed by atoms with Gasteiger partial charge in [0, 0.05) is 0 Å². The lowest BCUT2D eigenvalue weighted by Gasteiger charge is -2.10. The Hall–Kier alpha value is 1.08. The zero-order chi connectivity index (χ0) is 7.98. The Morgan fingerprint density at radius 2 is 1.36 bits per heavy atom. The quantitative estimate of drug-likeness (QED) is 0.487. The Morgan fingerprint density at radius 1 is 1.00 bits per heavy atom. The van der Waals surface area contributed by atoms with Gasteiger partial charge in [-0.1, -0.05) is 26.7 Å². The van der Waals surface area contributed by atoms with Crippen LogP contribution in [0.2, 0.25) is 0 Å². The summed E-state index contributed by atoms with van der Waals surface area (Å²) in [7, 11) is 0.647. The summed E-state index contributed by atoms with van der Waals surface area (Å²) in [4.78, 5) is 0. The van der Waals surface area contributed by atoms with E-state index in [1.165, 1.54) is 25.7 Å². The highest BCUT2D eigenvalue weighted by atomic mass is 127. The Balaban J connectivity index is 0. The molecule has 0 aromatic heterocycles. The van der Waals surface area contributed by atoms with E-state index in [1.54, 1.807) is 0 Å². The predicted molar refractivity (Wildman–Crippen MR) is 52.8 cm³/mol. The van der Waals surface area contributed by atoms with Gasteiger partial charge in [-0.05, 0) is 23.7 Å². The normalized spacial score (nSPS) is 10.4. The minimum Gasteiger partial charge on any atom is -1.00 e. The highest BCUT2D eigenvalue weighted by molar-refractivity contribution is 7.96. The van der Waals surface area contributed by atoms with Crippen molar-refractivity contribution < 1.29 is 24.0 Å². The molecule has 0 heterocycles. The van der Waals surface area contributed by atoms with Gasteiger partial charge >= 0.3 is 0 Å². The molecule has 0 rings (SSSR count). The number of rotatable bonds is 5. The number of hydrogen-bond donors (Lipinski definition) is 0. The number of halogens is 1. The van der Waals surface area contributed by atoms with Gasteiger partial charge in [0.2, 0.25) is 0 Å². The van der Waals surface area contributed by atoms with E-state index < -0.39 is 0 Å². The van der Waals surface area contributed by atoms with Gasteiger partial charge in [-0.25, -0.2) is 0 Å². The van der Waals surface area contributed by atoms with Crippen LogP contribution in [0, 0.1) is 0 Å². The van der Waals surface area contributed by atoms with Crippen molar-refractivity contribution in [3.63, 3.8) is 0 Å². The van der Waals surface area contributed by atoms with Gasteiger partial charge in [0.05, 0.1) is 12.5 Å². The monoisotopic (exact) mass is 288 g/mol. The van der Waals surface area contributed by atoms with E-state index in [-0.39, 0.29) is 24.0 Å². The molecule has 0 radical (unpaired) electrons. The average molecular weight is 288 g/mol. The first kappa shape index (κ1) is 14.6. The van der Waals surface area contributed by atoms with E-state index in [0.717, 1.165) is 5.25 Å². The van der Waals surface area contributed by atoms with Gasteiger partial charge in [0.25, 0.3) is 0 Å². The second kappa shape index (κ2) is 9.17. The predicted octanol–water partition coefficient (Wildman–Crippen LogP) is -0.163. The molecule has 11 heavy (non-hydrogen) atoms. The first-order valence-electron chi connectivity index (χ1n) is 4.28. The highest BCUT2D eigenvalue weighted by Crippen LogP contribution is 2.13. The van der Waals surface area contributed by atoms with Crippen molar-refractivity contribution in [2.45, 2.75) is 44.8 Å². The second-order valence-corrected chi connectivity index (χ2v) is 5.50. The molecule has 0 aliphatic carbocycles. The summed E-state index contributed by atoms with van der Waals surface area (Å²) in [6.45, 7) is 4.57. The Morgan fingerprint density at radius 3 is 1.55 bits per heavy atom. The molecule has 2 heteroatoms. The fraction of sp³-hybridized carbons (Fsp3) is 1.00. The molecule has 0 aliphatic rings. The second-order valence-electron chi connectivity index (χ2n) is 3.08. The van der Waals surface area contributed by atoms with Crippen LogP contribution >= 0.6 is 0 Å². The lowest BCUT2D eigenvalue weighted by atomic mass is 10.2. The van der Waals surface area contributed by atoms with Crippen LogP contribution < -0.4 is 24.0 Å².